The smallest absolute Gasteiger partial charge is 0.257 e. The second-order valence-corrected chi connectivity index (χ2v) is 15.4. The summed E-state index contributed by atoms with van der Waals surface area (Å²) in [6, 6.07) is 17.2. The van der Waals surface area contributed by atoms with Crippen LogP contribution in [-0.2, 0) is 4.79 Å². The number of aromatic nitrogens is 2. The number of hydrogen-bond donors (Lipinski definition) is 5. The Hall–Kier alpha value is -4.48. The minimum absolute atomic E-state index is 0.0174. The van der Waals surface area contributed by atoms with Gasteiger partial charge in [-0.25, -0.2) is 23.6 Å². The average molecular weight is 843 g/mol. The summed E-state index contributed by atoms with van der Waals surface area (Å²) in [5.74, 6) is -1.28. The van der Waals surface area contributed by atoms with Crippen LogP contribution in [0.3, 0.4) is 0 Å². The molecule has 2 saturated carbocycles. The maximum atomic E-state index is 13.8. The van der Waals surface area contributed by atoms with Crippen molar-refractivity contribution in [3.63, 3.8) is 0 Å². The van der Waals surface area contributed by atoms with Gasteiger partial charge in [0.05, 0.1) is 12.4 Å². The van der Waals surface area contributed by atoms with Crippen LogP contribution in [-0.4, -0.2) is 76.1 Å². The molecule has 2 aromatic carbocycles. The molecular formula is C40H45ClF2N6O6S2. The minimum Gasteiger partial charge on any atom is -0.438 e. The van der Waals surface area contributed by atoms with Gasteiger partial charge in [-0.2, -0.15) is 0 Å². The lowest BCUT2D eigenvalue weighted by Gasteiger charge is -2.29. The third kappa shape index (κ3) is 13.3. The number of rotatable bonds is 13. The fraction of sp³-hybridized carbons (Fsp3) is 0.375. The third-order valence-corrected chi connectivity index (χ3v) is 11.2. The molecule has 2 aliphatic rings. The summed E-state index contributed by atoms with van der Waals surface area (Å²) in [4.78, 5) is 49.5. The Morgan fingerprint density at radius 1 is 0.684 bits per heavy atom. The van der Waals surface area contributed by atoms with Crippen molar-refractivity contribution in [1.29, 1.82) is 0 Å². The number of benzene rings is 2. The lowest BCUT2D eigenvalue weighted by Crippen LogP contribution is -2.44. The number of aliphatic hydroxyl groups is 1. The van der Waals surface area contributed by atoms with Crippen LogP contribution in [0.1, 0.15) is 72.1 Å². The lowest BCUT2D eigenvalue weighted by molar-refractivity contribution is -0.124. The molecule has 0 aliphatic heterocycles. The maximum Gasteiger partial charge on any atom is 0.257 e. The second-order valence-electron chi connectivity index (χ2n) is 13.5. The zero-order valence-electron chi connectivity index (χ0n) is 31.4. The zero-order chi connectivity index (χ0) is 40.7. The zero-order valence-corrected chi connectivity index (χ0v) is 33.8. The van der Waals surface area contributed by atoms with Crippen molar-refractivity contribution in [2.24, 2.45) is 0 Å². The normalized spacial score (nSPS) is 19.0. The van der Waals surface area contributed by atoms with Gasteiger partial charge in [-0.05, 0) is 124 Å². The predicted molar refractivity (Wildman–Crippen MR) is 216 cm³/mol. The van der Waals surface area contributed by atoms with Crippen LogP contribution in [0.15, 0.2) is 82.8 Å². The van der Waals surface area contributed by atoms with Gasteiger partial charge >= 0.3 is 0 Å². The van der Waals surface area contributed by atoms with E-state index in [9.17, 15) is 23.2 Å². The van der Waals surface area contributed by atoms with E-state index in [4.69, 9.17) is 26.4 Å². The van der Waals surface area contributed by atoms with E-state index in [-0.39, 0.29) is 53.0 Å². The molecule has 2 aliphatic carbocycles. The monoisotopic (exact) mass is 842 g/mol. The second kappa shape index (κ2) is 21.9. The van der Waals surface area contributed by atoms with Crippen molar-refractivity contribution in [2.45, 2.75) is 85.3 Å². The summed E-state index contributed by atoms with van der Waals surface area (Å²) in [7, 11) is 0. The molecule has 0 radical (unpaired) electrons. The molecule has 3 amide bonds. The van der Waals surface area contributed by atoms with Gasteiger partial charge in [0.1, 0.15) is 40.9 Å². The van der Waals surface area contributed by atoms with E-state index in [1.54, 1.807) is 35.7 Å². The van der Waals surface area contributed by atoms with Gasteiger partial charge in [0.25, 0.3) is 11.8 Å². The molecule has 2 heterocycles. The first-order chi connectivity index (χ1) is 27.6. The van der Waals surface area contributed by atoms with Crippen molar-refractivity contribution >= 4 is 53.0 Å². The molecule has 0 atom stereocenters. The molecule has 12 nitrogen and oxygen atoms in total. The summed E-state index contributed by atoms with van der Waals surface area (Å²) >= 11 is 8.79. The van der Waals surface area contributed by atoms with Crippen LogP contribution in [0, 0.1) is 11.6 Å². The number of carbonyl (C=O) groups is 3. The van der Waals surface area contributed by atoms with Crippen molar-refractivity contribution in [3.8, 4) is 23.3 Å². The number of ether oxygens (including phenoxy) is 2. The molecule has 6 rings (SSSR count). The number of carbonyl (C=O) groups excluding carboxylic acids is 3. The number of amides is 3. The topological polar surface area (TPSA) is 164 Å². The van der Waals surface area contributed by atoms with Gasteiger partial charge in [-0.1, -0.05) is 12.1 Å². The minimum atomic E-state index is -0.624. The summed E-state index contributed by atoms with van der Waals surface area (Å²) in [6.45, 7) is -0.536. The highest BCUT2D eigenvalue weighted by atomic mass is 35.5. The van der Waals surface area contributed by atoms with Crippen LogP contribution >= 0.6 is 35.3 Å². The Morgan fingerprint density at radius 2 is 1.09 bits per heavy atom. The number of nitrogens with one attached hydrogen (secondary N) is 4. The number of thioether (sulfide) groups is 2. The molecule has 57 heavy (non-hydrogen) atoms. The fourth-order valence-electron chi connectivity index (χ4n) is 6.42. The van der Waals surface area contributed by atoms with Crippen molar-refractivity contribution < 1.29 is 37.7 Å². The molecule has 304 valence electrons. The molecule has 0 saturated heterocycles. The largest absolute Gasteiger partial charge is 0.438 e. The SMILES string of the molecule is CSc1cccc(Oc2ncc(F)cc2C(=O)NC2CCC(NC(=O)CO)CC2)c1.CSc1cccc(Oc2ncc(F)cc2C(=O)NC2CCC(NCl)CC2)c1. The highest BCUT2D eigenvalue weighted by Gasteiger charge is 2.27. The third-order valence-electron chi connectivity index (χ3n) is 9.42. The number of halogens is 3. The molecule has 0 unspecified atom stereocenters. The van der Waals surface area contributed by atoms with Crippen LogP contribution in [0.4, 0.5) is 8.78 Å². The van der Waals surface area contributed by atoms with E-state index < -0.39 is 30.1 Å². The van der Waals surface area contributed by atoms with Crippen molar-refractivity contribution in [3.05, 3.63) is 95.8 Å². The van der Waals surface area contributed by atoms with E-state index in [0.717, 1.165) is 60.0 Å². The van der Waals surface area contributed by atoms with E-state index >= 15 is 0 Å². The number of aliphatic hydroxyl groups excluding tert-OH is 1. The fourth-order valence-corrected chi connectivity index (χ4v) is 7.54. The summed E-state index contributed by atoms with van der Waals surface area (Å²) in [5, 5.41) is 17.4. The lowest BCUT2D eigenvalue weighted by atomic mass is 9.91. The molecule has 5 N–H and O–H groups in total. The average Bonchev–Trinajstić information content (AvgIpc) is 3.23. The quantitative estimate of drug-likeness (QED) is 0.0673. The molecule has 0 bridgehead atoms. The first-order valence-electron chi connectivity index (χ1n) is 18.4. The van der Waals surface area contributed by atoms with Crippen molar-refractivity contribution in [2.75, 3.05) is 19.1 Å². The molecular weight excluding hydrogens is 798 g/mol. The van der Waals surface area contributed by atoms with Crippen molar-refractivity contribution in [1.82, 2.24) is 30.8 Å². The Morgan fingerprint density at radius 3 is 1.47 bits per heavy atom. The van der Waals surface area contributed by atoms with Gasteiger partial charge < -0.3 is 30.5 Å². The van der Waals surface area contributed by atoms with Gasteiger partial charge in [0, 0.05) is 34.0 Å². The summed E-state index contributed by atoms with van der Waals surface area (Å²) in [5.41, 5.74) is 0.113. The van der Waals surface area contributed by atoms with E-state index in [1.165, 1.54) is 0 Å². The number of pyridine rings is 2. The Kier molecular flexibility index (Phi) is 16.8. The first kappa shape index (κ1) is 43.6. The summed E-state index contributed by atoms with van der Waals surface area (Å²) < 4.78 is 39.0. The van der Waals surface area contributed by atoms with Crippen LogP contribution in [0.2, 0.25) is 0 Å². The van der Waals surface area contributed by atoms with Gasteiger partial charge in [-0.15, -0.1) is 23.5 Å². The first-order valence-corrected chi connectivity index (χ1v) is 21.2. The molecule has 2 fully saturated rings. The van der Waals surface area contributed by atoms with Crippen LogP contribution < -0.4 is 30.3 Å². The molecule has 4 aromatic rings. The Labute approximate surface area is 343 Å². The Balaban J connectivity index is 0.000000219. The predicted octanol–water partition coefficient (Wildman–Crippen LogP) is 7.40. The van der Waals surface area contributed by atoms with E-state index in [2.05, 4.69) is 30.8 Å². The van der Waals surface area contributed by atoms with Crippen LogP contribution in [0.5, 0.6) is 23.3 Å². The molecule has 0 spiro atoms. The summed E-state index contributed by atoms with van der Waals surface area (Å²) in [6.07, 6.45) is 12.0. The van der Waals surface area contributed by atoms with Crippen LogP contribution in [0.25, 0.3) is 0 Å². The number of hydrogen-bond acceptors (Lipinski definition) is 11. The number of nitrogens with zero attached hydrogens (tertiary/aromatic N) is 2. The van der Waals surface area contributed by atoms with Gasteiger partial charge in [0.2, 0.25) is 17.7 Å². The Bertz CT molecular complexity index is 1980. The standard InChI is InChI=1S/C21H24FN3O4S.C19H21ClFN3O2S/c1-30-17-4-2-3-16(10-17)29-21-18(9-13(22)11-23-21)20(28)25-15-7-5-14(6-8-15)24-19(27)12-26;1-27-16-4-2-3-15(10-16)26-19-17(9-12(21)11-22-19)18(25)23-13-5-7-14(24-20)8-6-13/h2-4,9-11,14-15,26H,5-8,12H2,1H3,(H,24,27)(H,25,28);2-4,9-11,13-14,24H,5-8H2,1H3,(H,23,25). The highest BCUT2D eigenvalue weighted by molar-refractivity contribution is 7.98. The highest BCUT2D eigenvalue weighted by Crippen LogP contribution is 2.30. The maximum absolute atomic E-state index is 13.8. The molecule has 2 aromatic heterocycles. The van der Waals surface area contributed by atoms with Gasteiger partial charge in [-0.3, -0.25) is 14.4 Å². The molecule has 17 heteroatoms. The van der Waals surface area contributed by atoms with E-state index in [1.807, 2.05) is 48.9 Å². The van der Waals surface area contributed by atoms with Gasteiger partial charge in [0.15, 0.2) is 0 Å². The van der Waals surface area contributed by atoms with E-state index in [0.29, 0.717) is 37.2 Å².